The van der Waals surface area contributed by atoms with Crippen molar-refractivity contribution >= 4 is 5.78 Å². The quantitative estimate of drug-likeness (QED) is 0.810. The number of rotatable bonds is 5. The Morgan fingerprint density at radius 1 is 1.28 bits per heavy atom. The van der Waals surface area contributed by atoms with Crippen LogP contribution in [0.2, 0.25) is 0 Å². The molecule has 1 aromatic heterocycles. The Labute approximate surface area is 106 Å². The van der Waals surface area contributed by atoms with Gasteiger partial charge in [-0.05, 0) is 19.4 Å². The van der Waals surface area contributed by atoms with Crippen molar-refractivity contribution in [2.45, 2.75) is 33.1 Å². The van der Waals surface area contributed by atoms with E-state index < -0.39 is 0 Å². The van der Waals surface area contributed by atoms with Gasteiger partial charge in [0, 0.05) is 19.3 Å². The molecule has 0 radical (unpaired) electrons. The van der Waals surface area contributed by atoms with Crippen LogP contribution in [0.1, 0.15) is 36.2 Å². The highest BCUT2D eigenvalue weighted by atomic mass is 16.5. The first-order valence-electron chi connectivity index (χ1n) is 6.00. The predicted octanol–water partition coefficient (Wildman–Crippen LogP) is 2.49. The third-order valence-electron chi connectivity index (χ3n) is 2.68. The van der Waals surface area contributed by atoms with Crippen molar-refractivity contribution in [2.75, 3.05) is 0 Å². The number of nitrogens with zero attached hydrogens (tertiary/aromatic N) is 2. The smallest absolute Gasteiger partial charge is 0.227 e. The molecule has 1 aromatic carbocycles. The van der Waals surface area contributed by atoms with Crippen LogP contribution in [0.25, 0.3) is 0 Å². The van der Waals surface area contributed by atoms with E-state index in [2.05, 4.69) is 41.3 Å². The van der Waals surface area contributed by atoms with Crippen molar-refractivity contribution in [3.63, 3.8) is 0 Å². The normalized spacial score (nSPS) is 10.6. The van der Waals surface area contributed by atoms with Gasteiger partial charge in [0.05, 0.1) is 0 Å². The maximum absolute atomic E-state index is 10.9. The Bertz CT molecular complexity index is 529. The van der Waals surface area contributed by atoms with Crippen molar-refractivity contribution in [3.8, 4) is 0 Å². The minimum absolute atomic E-state index is 0.133. The first-order chi connectivity index (χ1) is 8.63. The second-order valence-corrected chi connectivity index (χ2v) is 4.47. The van der Waals surface area contributed by atoms with E-state index in [0.717, 1.165) is 5.56 Å². The topological polar surface area (TPSA) is 56.0 Å². The minimum atomic E-state index is 0.133. The molecular formula is C14H16N2O2. The zero-order valence-electron chi connectivity index (χ0n) is 10.6. The van der Waals surface area contributed by atoms with Crippen LogP contribution in [-0.2, 0) is 17.6 Å². The highest BCUT2D eigenvalue weighted by Gasteiger charge is 2.07. The molecule has 0 unspecified atom stereocenters. The molecule has 0 aliphatic heterocycles. The predicted molar refractivity (Wildman–Crippen MR) is 67.3 cm³/mol. The van der Waals surface area contributed by atoms with Crippen LogP contribution in [-0.4, -0.2) is 15.9 Å². The van der Waals surface area contributed by atoms with E-state index in [1.54, 1.807) is 6.92 Å². The fourth-order valence-electron chi connectivity index (χ4n) is 1.63. The van der Waals surface area contributed by atoms with Gasteiger partial charge in [0.25, 0.3) is 0 Å². The van der Waals surface area contributed by atoms with Crippen LogP contribution in [0.15, 0.2) is 28.8 Å². The summed E-state index contributed by atoms with van der Waals surface area (Å²) in [6.45, 7) is 3.61. The van der Waals surface area contributed by atoms with E-state index in [9.17, 15) is 4.79 Å². The number of benzene rings is 1. The first kappa shape index (κ1) is 12.5. The maximum Gasteiger partial charge on any atom is 0.227 e. The highest BCUT2D eigenvalue weighted by Crippen LogP contribution is 2.09. The SMILES string of the molecule is CC(=O)CCc1nc(Cc2ccc(C)cc2)no1. The maximum atomic E-state index is 10.9. The highest BCUT2D eigenvalue weighted by molar-refractivity contribution is 5.75. The van der Waals surface area contributed by atoms with Gasteiger partial charge in [-0.3, -0.25) is 0 Å². The lowest BCUT2D eigenvalue weighted by Crippen LogP contribution is -1.95. The fraction of sp³-hybridized carbons (Fsp3) is 0.357. The van der Waals surface area contributed by atoms with Crippen LogP contribution in [0.3, 0.4) is 0 Å². The zero-order valence-corrected chi connectivity index (χ0v) is 10.6. The van der Waals surface area contributed by atoms with E-state index in [-0.39, 0.29) is 5.78 Å². The molecule has 0 aliphatic carbocycles. The molecule has 2 rings (SSSR count). The molecule has 0 aliphatic rings. The summed E-state index contributed by atoms with van der Waals surface area (Å²) in [7, 11) is 0. The van der Waals surface area contributed by atoms with Crippen molar-refractivity contribution < 1.29 is 9.32 Å². The number of carbonyl (C=O) groups is 1. The van der Waals surface area contributed by atoms with Crippen LogP contribution in [0.4, 0.5) is 0 Å². The van der Waals surface area contributed by atoms with Gasteiger partial charge < -0.3 is 9.32 Å². The van der Waals surface area contributed by atoms with Gasteiger partial charge in [-0.1, -0.05) is 35.0 Å². The molecule has 4 heteroatoms. The third-order valence-corrected chi connectivity index (χ3v) is 2.68. The molecule has 0 bridgehead atoms. The van der Waals surface area contributed by atoms with E-state index in [1.165, 1.54) is 5.56 Å². The number of Topliss-reactive ketones (excluding diaryl/α,β-unsaturated/α-hetero) is 1. The number of hydrogen-bond donors (Lipinski definition) is 0. The van der Waals surface area contributed by atoms with E-state index in [0.29, 0.717) is 31.0 Å². The molecule has 0 amide bonds. The van der Waals surface area contributed by atoms with Crippen LogP contribution in [0, 0.1) is 6.92 Å². The minimum Gasteiger partial charge on any atom is -0.339 e. The molecule has 0 fully saturated rings. The van der Waals surface area contributed by atoms with Gasteiger partial charge in [-0.2, -0.15) is 4.98 Å². The average molecular weight is 244 g/mol. The molecule has 0 spiro atoms. The summed E-state index contributed by atoms with van der Waals surface area (Å²) in [5, 5.41) is 3.91. The lowest BCUT2D eigenvalue weighted by atomic mass is 10.1. The summed E-state index contributed by atoms with van der Waals surface area (Å²) in [5.41, 5.74) is 2.38. The lowest BCUT2D eigenvalue weighted by molar-refractivity contribution is -0.117. The summed E-state index contributed by atoms with van der Waals surface area (Å²) >= 11 is 0. The Kier molecular flexibility index (Phi) is 3.87. The molecule has 18 heavy (non-hydrogen) atoms. The largest absolute Gasteiger partial charge is 0.339 e. The summed E-state index contributed by atoms with van der Waals surface area (Å²) in [6, 6.07) is 8.24. The molecular weight excluding hydrogens is 228 g/mol. The van der Waals surface area contributed by atoms with Crippen LogP contribution in [0.5, 0.6) is 0 Å². The average Bonchev–Trinajstić information content (AvgIpc) is 2.77. The van der Waals surface area contributed by atoms with E-state index in [4.69, 9.17) is 4.52 Å². The molecule has 2 aromatic rings. The number of aromatic nitrogens is 2. The van der Waals surface area contributed by atoms with Crippen molar-refractivity contribution in [2.24, 2.45) is 0 Å². The number of carbonyl (C=O) groups excluding carboxylic acids is 1. The monoisotopic (exact) mass is 244 g/mol. The third kappa shape index (κ3) is 3.52. The fourth-order valence-corrected chi connectivity index (χ4v) is 1.63. The Morgan fingerprint density at radius 3 is 2.67 bits per heavy atom. The van der Waals surface area contributed by atoms with Crippen LogP contribution >= 0.6 is 0 Å². The van der Waals surface area contributed by atoms with Crippen LogP contribution < -0.4 is 0 Å². The van der Waals surface area contributed by atoms with Gasteiger partial charge in [0.1, 0.15) is 5.78 Å². The molecule has 0 atom stereocenters. The number of aryl methyl sites for hydroxylation is 2. The standard InChI is InChI=1S/C14H16N2O2/c1-10-3-6-12(7-4-10)9-13-15-14(18-16-13)8-5-11(2)17/h3-4,6-7H,5,8-9H2,1-2H3. The second-order valence-electron chi connectivity index (χ2n) is 4.47. The Hall–Kier alpha value is -1.97. The van der Waals surface area contributed by atoms with Crippen molar-refractivity contribution in [1.82, 2.24) is 10.1 Å². The van der Waals surface area contributed by atoms with Gasteiger partial charge >= 0.3 is 0 Å². The Morgan fingerprint density at radius 2 is 2.00 bits per heavy atom. The summed E-state index contributed by atoms with van der Waals surface area (Å²) < 4.78 is 5.10. The van der Waals surface area contributed by atoms with Gasteiger partial charge in [0.15, 0.2) is 5.82 Å². The number of ketones is 1. The lowest BCUT2D eigenvalue weighted by Gasteiger charge is -1.97. The molecule has 94 valence electrons. The molecule has 0 N–H and O–H groups in total. The van der Waals surface area contributed by atoms with E-state index in [1.807, 2.05) is 0 Å². The molecule has 0 saturated carbocycles. The second kappa shape index (κ2) is 5.58. The summed E-state index contributed by atoms with van der Waals surface area (Å²) in [6.07, 6.45) is 1.63. The van der Waals surface area contributed by atoms with Gasteiger partial charge in [-0.25, -0.2) is 0 Å². The Balaban J connectivity index is 1.97. The zero-order chi connectivity index (χ0) is 13.0. The van der Waals surface area contributed by atoms with Gasteiger partial charge in [-0.15, -0.1) is 0 Å². The summed E-state index contributed by atoms with van der Waals surface area (Å²) in [4.78, 5) is 15.1. The van der Waals surface area contributed by atoms with E-state index >= 15 is 0 Å². The molecule has 4 nitrogen and oxygen atoms in total. The van der Waals surface area contributed by atoms with Crippen molar-refractivity contribution in [1.29, 1.82) is 0 Å². The summed E-state index contributed by atoms with van der Waals surface area (Å²) in [5.74, 6) is 1.33. The molecule has 1 heterocycles. The van der Waals surface area contributed by atoms with Crippen molar-refractivity contribution in [3.05, 3.63) is 47.1 Å². The first-order valence-corrected chi connectivity index (χ1v) is 6.00. The molecule has 0 saturated heterocycles. The number of hydrogen-bond acceptors (Lipinski definition) is 4. The van der Waals surface area contributed by atoms with Gasteiger partial charge in [0.2, 0.25) is 5.89 Å².